The largest absolute Gasteiger partial charge is 0.298 e. The van der Waals surface area contributed by atoms with Gasteiger partial charge in [-0.25, -0.2) is 9.07 Å². The minimum atomic E-state index is -0.523. The van der Waals surface area contributed by atoms with E-state index in [1.54, 1.807) is 16.9 Å². The molecule has 98 valence electrons. The van der Waals surface area contributed by atoms with E-state index in [2.05, 4.69) is 5.10 Å². The van der Waals surface area contributed by atoms with Gasteiger partial charge in [0.1, 0.15) is 5.82 Å². The first-order chi connectivity index (χ1) is 9.78. The zero-order valence-electron chi connectivity index (χ0n) is 10.5. The van der Waals surface area contributed by atoms with Crippen molar-refractivity contribution in [3.05, 3.63) is 72.3 Å². The Balaban J connectivity index is 1.98. The molecule has 1 heterocycles. The lowest BCUT2D eigenvalue weighted by Gasteiger charge is -2.00. The molecule has 4 heteroatoms. The molecule has 0 aliphatic carbocycles. The van der Waals surface area contributed by atoms with E-state index < -0.39 is 5.82 Å². The molecule has 3 nitrogen and oxygen atoms in total. The van der Waals surface area contributed by atoms with Gasteiger partial charge in [-0.05, 0) is 29.8 Å². The maximum absolute atomic E-state index is 13.6. The van der Waals surface area contributed by atoms with Gasteiger partial charge in [0, 0.05) is 11.8 Å². The second kappa shape index (κ2) is 5.09. The Kier molecular flexibility index (Phi) is 3.13. The molecule has 3 rings (SSSR count). The molecule has 0 aliphatic heterocycles. The van der Waals surface area contributed by atoms with Crippen LogP contribution < -0.4 is 0 Å². The van der Waals surface area contributed by atoms with Crippen LogP contribution in [0.3, 0.4) is 0 Å². The Morgan fingerprint density at radius 1 is 1.05 bits per heavy atom. The van der Waals surface area contributed by atoms with E-state index in [9.17, 15) is 9.18 Å². The topological polar surface area (TPSA) is 34.9 Å². The quantitative estimate of drug-likeness (QED) is 0.680. The van der Waals surface area contributed by atoms with Crippen molar-refractivity contribution < 1.29 is 9.18 Å². The van der Waals surface area contributed by atoms with Gasteiger partial charge in [0.05, 0.1) is 17.4 Å². The van der Waals surface area contributed by atoms with Gasteiger partial charge in [0.25, 0.3) is 0 Å². The van der Waals surface area contributed by atoms with Crippen LogP contribution in [0.1, 0.15) is 10.4 Å². The average Bonchev–Trinajstić information content (AvgIpc) is 2.98. The fourth-order valence-electron chi connectivity index (χ4n) is 2.00. The molecule has 20 heavy (non-hydrogen) atoms. The maximum atomic E-state index is 13.6. The van der Waals surface area contributed by atoms with Crippen molar-refractivity contribution in [2.45, 2.75) is 0 Å². The third-order valence-corrected chi connectivity index (χ3v) is 3.06. The zero-order chi connectivity index (χ0) is 13.9. The van der Waals surface area contributed by atoms with Crippen molar-refractivity contribution in [1.82, 2.24) is 9.78 Å². The van der Waals surface area contributed by atoms with Crippen LogP contribution in [0.4, 0.5) is 4.39 Å². The van der Waals surface area contributed by atoms with Crippen LogP contribution in [0.5, 0.6) is 0 Å². The Hall–Kier alpha value is -2.75. The molecule has 3 aromatic rings. The monoisotopic (exact) mass is 266 g/mol. The molecule has 1 aromatic heterocycles. The fourth-order valence-corrected chi connectivity index (χ4v) is 2.00. The van der Waals surface area contributed by atoms with E-state index in [-0.39, 0.29) is 5.56 Å². The predicted octanol–water partition coefficient (Wildman–Crippen LogP) is 3.49. The van der Waals surface area contributed by atoms with Crippen LogP contribution in [-0.4, -0.2) is 16.1 Å². The zero-order valence-corrected chi connectivity index (χ0v) is 10.5. The Bertz CT molecular complexity index is 750. The molecule has 0 saturated heterocycles. The first kappa shape index (κ1) is 12.3. The third-order valence-electron chi connectivity index (χ3n) is 3.06. The highest BCUT2D eigenvalue weighted by Crippen LogP contribution is 2.22. The number of halogens is 1. The molecule has 0 unspecified atom stereocenters. The van der Waals surface area contributed by atoms with E-state index in [4.69, 9.17) is 0 Å². The Morgan fingerprint density at radius 3 is 2.55 bits per heavy atom. The van der Waals surface area contributed by atoms with Crippen LogP contribution in [0.2, 0.25) is 0 Å². The van der Waals surface area contributed by atoms with Gasteiger partial charge in [0.2, 0.25) is 0 Å². The molecule has 0 aliphatic rings. The smallest absolute Gasteiger partial charge is 0.152 e. The summed E-state index contributed by atoms with van der Waals surface area (Å²) in [4.78, 5) is 10.6. The van der Waals surface area contributed by atoms with Crippen molar-refractivity contribution in [3.8, 4) is 16.8 Å². The number of nitrogens with zero attached hydrogens (tertiary/aromatic N) is 2. The van der Waals surface area contributed by atoms with Crippen molar-refractivity contribution in [2.75, 3.05) is 0 Å². The average molecular weight is 266 g/mol. The normalized spacial score (nSPS) is 10.4. The summed E-state index contributed by atoms with van der Waals surface area (Å²) >= 11 is 0. The molecular formula is C16H11FN2O. The molecular weight excluding hydrogens is 255 g/mol. The van der Waals surface area contributed by atoms with E-state index in [1.807, 2.05) is 36.5 Å². The van der Waals surface area contributed by atoms with Gasteiger partial charge in [-0.15, -0.1) is 0 Å². The van der Waals surface area contributed by atoms with Gasteiger partial charge in [-0.1, -0.05) is 24.3 Å². The summed E-state index contributed by atoms with van der Waals surface area (Å²) in [6.45, 7) is 0. The predicted molar refractivity (Wildman–Crippen MR) is 74.3 cm³/mol. The summed E-state index contributed by atoms with van der Waals surface area (Å²) in [5, 5.41) is 4.26. The maximum Gasteiger partial charge on any atom is 0.152 e. The van der Waals surface area contributed by atoms with E-state index in [0.29, 0.717) is 11.8 Å². The van der Waals surface area contributed by atoms with Crippen molar-refractivity contribution >= 4 is 6.29 Å². The first-order valence-electron chi connectivity index (χ1n) is 6.13. The lowest BCUT2D eigenvalue weighted by molar-refractivity contribution is 0.112. The second-order valence-corrected chi connectivity index (χ2v) is 4.36. The summed E-state index contributed by atoms with van der Waals surface area (Å²) in [6.07, 6.45) is 4.00. The van der Waals surface area contributed by atoms with Crippen molar-refractivity contribution in [3.63, 3.8) is 0 Å². The number of benzene rings is 2. The number of aromatic nitrogens is 2. The molecule has 0 bridgehead atoms. The summed E-state index contributed by atoms with van der Waals surface area (Å²) in [5.74, 6) is -0.523. The minimum absolute atomic E-state index is 0.0594. The fraction of sp³-hybridized carbons (Fsp3) is 0. The lowest BCUT2D eigenvalue weighted by Crippen LogP contribution is -1.92. The summed E-state index contributed by atoms with van der Waals surface area (Å²) < 4.78 is 15.3. The SMILES string of the molecule is O=Cc1ccc(-c2cnn(-c3ccccc3)c2)cc1F. The van der Waals surface area contributed by atoms with Crippen molar-refractivity contribution in [1.29, 1.82) is 0 Å². The number of hydrogen-bond donors (Lipinski definition) is 0. The molecule has 0 amide bonds. The highest BCUT2D eigenvalue weighted by Gasteiger charge is 2.07. The van der Waals surface area contributed by atoms with E-state index in [1.165, 1.54) is 12.1 Å². The first-order valence-corrected chi connectivity index (χ1v) is 6.13. The lowest BCUT2D eigenvalue weighted by atomic mass is 10.1. The molecule has 0 saturated carbocycles. The Labute approximate surface area is 115 Å². The molecule has 0 atom stereocenters. The summed E-state index contributed by atoms with van der Waals surface area (Å²) in [6, 6.07) is 14.2. The molecule has 2 aromatic carbocycles. The van der Waals surface area contributed by atoms with E-state index >= 15 is 0 Å². The van der Waals surface area contributed by atoms with Gasteiger partial charge >= 0.3 is 0 Å². The second-order valence-electron chi connectivity index (χ2n) is 4.36. The third kappa shape index (κ3) is 2.23. The highest BCUT2D eigenvalue weighted by molar-refractivity contribution is 5.77. The number of aldehydes is 1. The minimum Gasteiger partial charge on any atom is -0.298 e. The van der Waals surface area contributed by atoms with Crippen LogP contribution in [-0.2, 0) is 0 Å². The molecule has 0 radical (unpaired) electrons. The van der Waals surface area contributed by atoms with Crippen LogP contribution in [0, 0.1) is 5.82 Å². The van der Waals surface area contributed by atoms with E-state index in [0.717, 1.165) is 11.3 Å². The van der Waals surface area contributed by atoms with Gasteiger partial charge in [-0.3, -0.25) is 4.79 Å². The molecule has 0 N–H and O–H groups in total. The number of carbonyl (C=O) groups is 1. The van der Waals surface area contributed by atoms with Gasteiger partial charge < -0.3 is 0 Å². The van der Waals surface area contributed by atoms with Crippen molar-refractivity contribution in [2.24, 2.45) is 0 Å². The van der Waals surface area contributed by atoms with Crippen LogP contribution in [0.15, 0.2) is 60.9 Å². The number of para-hydroxylation sites is 1. The number of hydrogen-bond acceptors (Lipinski definition) is 2. The van der Waals surface area contributed by atoms with Gasteiger partial charge in [-0.2, -0.15) is 5.10 Å². The number of carbonyl (C=O) groups excluding carboxylic acids is 1. The van der Waals surface area contributed by atoms with Crippen LogP contribution in [0.25, 0.3) is 16.8 Å². The van der Waals surface area contributed by atoms with Gasteiger partial charge in [0.15, 0.2) is 6.29 Å². The Morgan fingerprint density at radius 2 is 1.85 bits per heavy atom. The summed E-state index contributed by atoms with van der Waals surface area (Å²) in [7, 11) is 0. The standard InChI is InChI=1S/C16H11FN2O/c17-16-8-12(6-7-13(16)11-20)14-9-18-19(10-14)15-4-2-1-3-5-15/h1-11H. The summed E-state index contributed by atoms with van der Waals surface area (Å²) in [5.41, 5.74) is 2.48. The molecule has 0 spiro atoms. The van der Waals surface area contributed by atoms with Crippen LogP contribution >= 0.6 is 0 Å². The highest BCUT2D eigenvalue weighted by atomic mass is 19.1. The molecule has 0 fully saturated rings. The number of rotatable bonds is 3.